The van der Waals surface area contributed by atoms with Gasteiger partial charge in [0.05, 0.1) is 5.56 Å². The molecule has 2 aromatic rings. The van der Waals surface area contributed by atoms with E-state index < -0.39 is 0 Å². The number of hydrogen-bond donors (Lipinski definition) is 0. The monoisotopic (exact) mass is 322 g/mol. The van der Waals surface area contributed by atoms with E-state index in [-0.39, 0.29) is 16.5 Å². The highest BCUT2D eigenvalue weighted by Gasteiger charge is 2.29. The van der Waals surface area contributed by atoms with Gasteiger partial charge in [-0.25, -0.2) is 0 Å². The fourth-order valence-electron chi connectivity index (χ4n) is 2.57. The number of benzene rings is 2. The third-order valence-electron chi connectivity index (χ3n) is 3.98. The molecule has 0 aliphatic heterocycles. The van der Waals surface area contributed by atoms with Gasteiger partial charge in [0.1, 0.15) is 20.1 Å². The molecule has 124 valence electrons. The smallest absolute Gasteiger partial charge is 0.201 e. The maximum absolute atomic E-state index is 12.8. The highest BCUT2D eigenvalue weighted by Crippen LogP contribution is 2.25. The number of ketones is 1. The molecule has 2 aromatic carbocycles. The van der Waals surface area contributed by atoms with Crippen LogP contribution in [-0.2, 0) is 0 Å². The minimum Gasteiger partial charge on any atom is -0.314 e. The zero-order valence-corrected chi connectivity index (χ0v) is 14.3. The first-order chi connectivity index (χ1) is 11.5. The largest absolute Gasteiger partial charge is 0.314 e. The van der Waals surface area contributed by atoms with Crippen LogP contribution in [0.2, 0.25) is 0 Å². The average molecular weight is 322 g/mol. The van der Waals surface area contributed by atoms with E-state index in [1.165, 1.54) is 0 Å². The summed E-state index contributed by atoms with van der Waals surface area (Å²) >= 11 is 0. The van der Waals surface area contributed by atoms with Gasteiger partial charge in [0.25, 0.3) is 0 Å². The molecular formula is C21H24NO2+. The highest BCUT2D eigenvalue weighted by molar-refractivity contribution is 6.10. The van der Waals surface area contributed by atoms with Crippen molar-refractivity contribution >= 4 is 5.78 Å². The Morgan fingerprint density at radius 2 is 1.71 bits per heavy atom. The Labute approximate surface area is 144 Å². The summed E-state index contributed by atoms with van der Waals surface area (Å²) in [6.07, 6.45) is 4.44. The van der Waals surface area contributed by atoms with Crippen LogP contribution in [0, 0.1) is 0 Å². The van der Waals surface area contributed by atoms with Crippen LogP contribution in [0.25, 0.3) is 0 Å². The van der Waals surface area contributed by atoms with E-state index >= 15 is 0 Å². The summed E-state index contributed by atoms with van der Waals surface area (Å²) < 4.78 is 0.231. The fourth-order valence-corrected chi connectivity index (χ4v) is 2.57. The number of hydrogen-bond acceptors (Lipinski definition) is 2. The van der Waals surface area contributed by atoms with Crippen LogP contribution in [0.1, 0.15) is 22.3 Å². The lowest BCUT2D eigenvalue weighted by Gasteiger charge is -2.33. The van der Waals surface area contributed by atoms with Gasteiger partial charge in [-0.2, -0.15) is 0 Å². The van der Waals surface area contributed by atoms with Crippen molar-refractivity contribution in [1.29, 1.82) is 0 Å². The summed E-state index contributed by atoms with van der Waals surface area (Å²) in [5.74, 6) is 0.511. The Balaban J connectivity index is 2.34. The molecule has 3 heteroatoms. The van der Waals surface area contributed by atoms with Crippen LogP contribution < -0.4 is 4.84 Å². The second-order valence-corrected chi connectivity index (χ2v) is 6.04. The predicted octanol–water partition coefficient (Wildman–Crippen LogP) is 4.42. The highest BCUT2D eigenvalue weighted by atomic mass is 16.7. The van der Waals surface area contributed by atoms with Crippen molar-refractivity contribution in [2.24, 2.45) is 0 Å². The van der Waals surface area contributed by atoms with Crippen molar-refractivity contribution in [3.05, 3.63) is 91.0 Å². The lowest BCUT2D eigenvalue weighted by Crippen LogP contribution is -2.50. The molecule has 0 bridgehead atoms. The van der Waals surface area contributed by atoms with E-state index in [0.29, 0.717) is 16.9 Å². The molecule has 3 nitrogen and oxygen atoms in total. The molecule has 2 rings (SSSR count). The van der Waals surface area contributed by atoms with Gasteiger partial charge in [-0.15, -0.1) is 11.2 Å². The number of para-hydroxylation sites is 1. The van der Waals surface area contributed by atoms with Crippen LogP contribution in [0.5, 0.6) is 5.75 Å². The fraction of sp³-hybridized carbons (Fsp3) is 0.190. The lowest BCUT2D eigenvalue weighted by atomic mass is 10.0. The summed E-state index contributed by atoms with van der Waals surface area (Å²) in [6, 6.07) is 16.6. The molecule has 0 aliphatic carbocycles. The van der Waals surface area contributed by atoms with E-state index in [1.54, 1.807) is 6.07 Å². The molecule has 0 heterocycles. The second kappa shape index (κ2) is 7.75. The number of carbonyl (C=O) groups excluding carboxylic acids is 1. The first-order valence-corrected chi connectivity index (χ1v) is 7.95. The van der Waals surface area contributed by atoms with Crippen molar-refractivity contribution in [3.63, 3.8) is 0 Å². The zero-order chi connectivity index (χ0) is 17.6. The predicted molar refractivity (Wildman–Crippen MR) is 97.9 cm³/mol. The van der Waals surface area contributed by atoms with Gasteiger partial charge >= 0.3 is 0 Å². The number of nitrogens with zero attached hydrogens (tertiary/aromatic N) is 1. The van der Waals surface area contributed by atoms with Gasteiger partial charge in [-0.05, 0) is 18.2 Å². The molecule has 0 amide bonds. The second-order valence-electron chi connectivity index (χ2n) is 6.04. The summed E-state index contributed by atoms with van der Waals surface area (Å²) in [5.41, 5.74) is 1.20. The molecule has 0 saturated heterocycles. The van der Waals surface area contributed by atoms with Gasteiger partial charge in [-0.3, -0.25) is 4.79 Å². The van der Waals surface area contributed by atoms with Crippen LogP contribution in [0.15, 0.2) is 79.9 Å². The van der Waals surface area contributed by atoms with E-state index in [9.17, 15) is 4.79 Å². The minimum absolute atomic E-state index is 0.0439. The molecule has 1 atom stereocenters. The number of hydroxylamine groups is 3. The molecule has 24 heavy (non-hydrogen) atoms. The number of rotatable bonds is 8. The van der Waals surface area contributed by atoms with Crippen LogP contribution in [0.4, 0.5) is 0 Å². The van der Waals surface area contributed by atoms with Gasteiger partial charge in [0, 0.05) is 12.0 Å². The van der Waals surface area contributed by atoms with Crippen LogP contribution in [-0.4, -0.2) is 30.6 Å². The summed E-state index contributed by atoms with van der Waals surface area (Å²) in [4.78, 5) is 19.0. The quantitative estimate of drug-likeness (QED) is 0.311. The molecule has 0 fully saturated rings. The van der Waals surface area contributed by atoms with E-state index in [2.05, 4.69) is 13.2 Å². The Bertz CT molecular complexity index is 720. The third kappa shape index (κ3) is 4.00. The Morgan fingerprint density at radius 3 is 2.33 bits per heavy atom. The molecule has 0 spiro atoms. The first kappa shape index (κ1) is 17.7. The summed E-state index contributed by atoms with van der Waals surface area (Å²) in [7, 11) is 3.89. The molecule has 0 radical (unpaired) electrons. The normalized spacial score (nSPS) is 12.2. The number of carbonyl (C=O) groups is 1. The third-order valence-corrected chi connectivity index (χ3v) is 3.98. The molecule has 0 N–H and O–H groups in total. The Morgan fingerprint density at radius 1 is 1.08 bits per heavy atom. The maximum atomic E-state index is 12.8. The van der Waals surface area contributed by atoms with E-state index in [0.717, 1.165) is 6.42 Å². The van der Waals surface area contributed by atoms with Gasteiger partial charge in [-0.1, -0.05) is 55.1 Å². The summed E-state index contributed by atoms with van der Waals surface area (Å²) in [5, 5.41) is 0. The lowest BCUT2D eigenvalue weighted by molar-refractivity contribution is -1.06. The molecule has 0 saturated carbocycles. The number of likely N-dealkylation sites (N-methyl/N-ethyl adjacent to an activating group) is 1. The zero-order valence-electron chi connectivity index (χ0n) is 14.3. The van der Waals surface area contributed by atoms with Crippen molar-refractivity contribution in [2.75, 3.05) is 14.1 Å². The van der Waals surface area contributed by atoms with Gasteiger partial charge in [0.15, 0.2) is 5.78 Å². The van der Waals surface area contributed by atoms with Crippen molar-refractivity contribution in [2.45, 2.75) is 12.5 Å². The standard InChI is InChI=1S/C21H24NO2/c1-5-12-18(6-2)22(3,4)24-20-16-11-10-15-19(20)21(23)17-13-8-7-9-14-17/h5-11,13-16,18H,1-2,12H2,3-4H3/q+1. The minimum atomic E-state index is -0.0509. The van der Waals surface area contributed by atoms with Crippen molar-refractivity contribution < 1.29 is 14.3 Å². The molecule has 0 aromatic heterocycles. The van der Waals surface area contributed by atoms with E-state index in [1.807, 2.05) is 74.8 Å². The van der Waals surface area contributed by atoms with Crippen LogP contribution in [0.3, 0.4) is 0 Å². The van der Waals surface area contributed by atoms with E-state index in [4.69, 9.17) is 4.84 Å². The van der Waals surface area contributed by atoms with Crippen molar-refractivity contribution in [1.82, 2.24) is 0 Å². The van der Waals surface area contributed by atoms with Crippen molar-refractivity contribution in [3.8, 4) is 5.75 Å². The molecule has 0 aliphatic rings. The Kier molecular flexibility index (Phi) is 5.72. The molecular weight excluding hydrogens is 298 g/mol. The topological polar surface area (TPSA) is 26.3 Å². The first-order valence-electron chi connectivity index (χ1n) is 7.95. The van der Waals surface area contributed by atoms with Gasteiger partial charge < -0.3 is 4.84 Å². The van der Waals surface area contributed by atoms with Crippen LogP contribution >= 0.6 is 0 Å². The number of quaternary nitrogens is 1. The summed E-state index contributed by atoms with van der Waals surface area (Å²) in [6.45, 7) is 7.67. The van der Waals surface area contributed by atoms with Gasteiger partial charge in [0.2, 0.25) is 5.75 Å². The molecule has 1 unspecified atom stereocenters. The Hall–Kier alpha value is -2.65. The SMILES string of the molecule is C=CCC(C=C)[N+](C)(C)Oc1ccccc1C(=O)c1ccccc1. The maximum Gasteiger partial charge on any atom is 0.201 e. The average Bonchev–Trinajstić information content (AvgIpc) is 2.59.